The number of hydrogen-bond donors (Lipinski definition) is 1. The lowest BCUT2D eigenvalue weighted by molar-refractivity contribution is 0.0356. The zero-order chi connectivity index (χ0) is 23.5. The fourth-order valence-corrected chi connectivity index (χ4v) is 5.54. The summed E-state index contributed by atoms with van der Waals surface area (Å²) in [6.45, 7) is 7.84. The maximum atomic E-state index is 13.3. The summed E-state index contributed by atoms with van der Waals surface area (Å²) in [5, 5.41) is 3.25. The first-order chi connectivity index (χ1) is 15.7. The maximum absolute atomic E-state index is 13.3. The Balaban J connectivity index is 1.38. The van der Waals surface area contributed by atoms with Crippen molar-refractivity contribution >= 4 is 6.09 Å². The number of rotatable bonds is 4. The monoisotopic (exact) mass is 452 g/mol. The van der Waals surface area contributed by atoms with Gasteiger partial charge in [0.05, 0.1) is 5.54 Å². The lowest BCUT2D eigenvalue weighted by atomic mass is 9.74. The Morgan fingerprint density at radius 1 is 0.970 bits per heavy atom. The molecule has 4 rings (SSSR count). The van der Waals surface area contributed by atoms with Crippen LogP contribution in [0.5, 0.6) is 0 Å². The van der Waals surface area contributed by atoms with Crippen molar-refractivity contribution in [2.45, 2.75) is 82.4 Å². The molecule has 178 valence electrons. The molecule has 1 saturated carbocycles. The summed E-state index contributed by atoms with van der Waals surface area (Å²) in [6, 6.07) is 17.9. The van der Waals surface area contributed by atoms with E-state index in [-0.39, 0.29) is 17.4 Å². The molecule has 1 heterocycles. The Hall–Kier alpha value is -2.40. The van der Waals surface area contributed by atoms with Crippen LogP contribution in [0.2, 0.25) is 0 Å². The lowest BCUT2D eigenvalue weighted by Gasteiger charge is -2.46. The number of likely N-dealkylation sites (tertiary alicyclic amines) is 1. The van der Waals surface area contributed by atoms with Gasteiger partial charge in [0.2, 0.25) is 0 Å². The van der Waals surface area contributed by atoms with Gasteiger partial charge in [-0.2, -0.15) is 0 Å². The molecule has 1 aliphatic carbocycles. The minimum Gasteiger partial charge on any atom is -0.444 e. The molecule has 0 bridgehead atoms. The van der Waals surface area contributed by atoms with Gasteiger partial charge in [-0.1, -0.05) is 42.5 Å². The molecule has 0 aromatic heterocycles. The lowest BCUT2D eigenvalue weighted by Crippen LogP contribution is -2.53. The van der Waals surface area contributed by atoms with E-state index in [1.165, 1.54) is 5.56 Å². The Morgan fingerprint density at radius 3 is 2.15 bits per heavy atom. The van der Waals surface area contributed by atoms with E-state index in [0.717, 1.165) is 57.2 Å². The van der Waals surface area contributed by atoms with Gasteiger partial charge >= 0.3 is 6.09 Å². The molecule has 2 fully saturated rings. The van der Waals surface area contributed by atoms with Gasteiger partial charge in [-0.25, -0.2) is 9.18 Å². The Kier molecular flexibility index (Phi) is 7.08. The number of hydrogen-bond acceptors (Lipinski definition) is 3. The highest BCUT2D eigenvalue weighted by atomic mass is 19.1. The van der Waals surface area contributed by atoms with Crippen molar-refractivity contribution in [2.24, 2.45) is 0 Å². The van der Waals surface area contributed by atoms with Gasteiger partial charge < -0.3 is 15.0 Å². The van der Waals surface area contributed by atoms with Crippen LogP contribution in [0.4, 0.5) is 9.18 Å². The van der Waals surface area contributed by atoms with Gasteiger partial charge in [-0.15, -0.1) is 0 Å². The van der Waals surface area contributed by atoms with E-state index in [0.29, 0.717) is 12.0 Å². The molecule has 0 spiro atoms. The van der Waals surface area contributed by atoms with E-state index in [4.69, 9.17) is 4.74 Å². The third-order valence-corrected chi connectivity index (χ3v) is 7.26. The van der Waals surface area contributed by atoms with Crippen molar-refractivity contribution in [3.8, 4) is 0 Å². The molecule has 0 unspecified atom stereocenters. The summed E-state index contributed by atoms with van der Waals surface area (Å²) in [6.07, 6.45) is 5.78. The van der Waals surface area contributed by atoms with Crippen molar-refractivity contribution < 1.29 is 13.9 Å². The molecule has 1 N–H and O–H groups in total. The zero-order valence-corrected chi connectivity index (χ0v) is 20.1. The van der Waals surface area contributed by atoms with E-state index in [1.807, 2.05) is 51.1 Å². The summed E-state index contributed by atoms with van der Waals surface area (Å²) in [5.41, 5.74) is 1.51. The molecule has 2 aromatic carbocycles. The fraction of sp³-hybridized carbons (Fsp3) is 0.536. The predicted molar refractivity (Wildman–Crippen MR) is 130 cm³/mol. The quantitative estimate of drug-likeness (QED) is 0.586. The molecule has 0 atom stereocenters. The van der Waals surface area contributed by atoms with Crippen LogP contribution in [0.25, 0.3) is 0 Å². The molecular formula is C28H37FN2O2. The number of piperidine rings is 1. The number of alkyl carbamates (subject to hydrolysis) is 1. The van der Waals surface area contributed by atoms with Crippen LogP contribution >= 0.6 is 0 Å². The number of nitrogens with zero attached hydrogens (tertiary/aromatic N) is 1. The molecule has 4 nitrogen and oxygen atoms in total. The van der Waals surface area contributed by atoms with Crippen molar-refractivity contribution in [2.75, 3.05) is 13.1 Å². The molecule has 2 aromatic rings. The number of halogens is 1. The van der Waals surface area contributed by atoms with Gasteiger partial charge in [0, 0.05) is 6.04 Å². The van der Waals surface area contributed by atoms with Crippen LogP contribution in [0, 0.1) is 5.82 Å². The van der Waals surface area contributed by atoms with Gasteiger partial charge in [0.1, 0.15) is 11.4 Å². The van der Waals surface area contributed by atoms with E-state index in [9.17, 15) is 9.18 Å². The van der Waals surface area contributed by atoms with Crippen molar-refractivity contribution in [1.29, 1.82) is 0 Å². The van der Waals surface area contributed by atoms with Crippen molar-refractivity contribution in [1.82, 2.24) is 10.2 Å². The molecule has 1 saturated heterocycles. The van der Waals surface area contributed by atoms with Gasteiger partial charge in [-0.05, 0) is 102 Å². The maximum Gasteiger partial charge on any atom is 0.408 e. The standard InChI is InChI=1S/C28H37FN2O2/c1-27(2,3)33-26(32)30-28(23-7-5-4-6-8-23)17-13-25(14-18-28)31-19-15-22(16-20-31)21-9-11-24(29)12-10-21/h4-12,22,25H,13-20H2,1-3H3,(H,30,32). The zero-order valence-electron chi connectivity index (χ0n) is 20.1. The highest BCUT2D eigenvalue weighted by Gasteiger charge is 2.41. The number of carbonyl (C=O) groups is 1. The van der Waals surface area contributed by atoms with Gasteiger partial charge in [0.25, 0.3) is 0 Å². The predicted octanol–water partition coefficient (Wildman–Crippen LogP) is 6.37. The molecule has 5 heteroatoms. The third kappa shape index (κ3) is 5.94. The van der Waals surface area contributed by atoms with Crippen molar-refractivity contribution in [3.05, 3.63) is 71.5 Å². The summed E-state index contributed by atoms with van der Waals surface area (Å²) >= 11 is 0. The van der Waals surface area contributed by atoms with Crippen LogP contribution < -0.4 is 5.32 Å². The van der Waals surface area contributed by atoms with Crippen LogP contribution in [-0.2, 0) is 10.3 Å². The second-order valence-electron chi connectivity index (χ2n) is 10.7. The Morgan fingerprint density at radius 2 is 1.58 bits per heavy atom. The summed E-state index contributed by atoms with van der Waals surface area (Å²) in [5.74, 6) is 0.350. The van der Waals surface area contributed by atoms with Gasteiger partial charge in [0.15, 0.2) is 0 Å². The number of benzene rings is 2. The SMILES string of the molecule is CC(C)(C)OC(=O)NC1(c2ccccc2)CCC(N2CCC(c3ccc(F)cc3)CC2)CC1. The van der Waals surface area contributed by atoms with Crippen molar-refractivity contribution in [3.63, 3.8) is 0 Å². The first-order valence-corrected chi connectivity index (χ1v) is 12.3. The average Bonchev–Trinajstić information content (AvgIpc) is 2.79. The highest BCUT2D eigenvalue weighted by molar-refractivity contribution is 5.69. The molecule has 0 radical (unpaired) electrons. The number of amides is 1. The third-order valence-electron chi connectivity index (χ3n) is 7.26. The second-order valence-corrected chi connectivity index (χ2v) is 10.7. The van der Waals surface area contributed by atoms with E-state index >= 15 is 0 Å². The topological polar surface area (TPSA) is 41.6 Å². The molecule has 1 aliphatic heterocycles. The fourth-order valence-electron chi connectivity index (χ4n) is 5.54. The summed E-state index contributed by atoms with van der Waals surface area (Å²) < 4.78 is 18.9. The molecule has 33 heavy (non-hydrogen) atoms. The van der Waals surface area contributed by atoms with E-state index in [2.05, 4.69) is 22.3 Å². The van der Waals surface area contributed by atoms with E-state index < -0.39 is 5.60 Å². The smallest absolute Gasteiger partial charge is 0.408 e. The largest absolute Gasteiger partial charge is 0.444 e. The minimum atomic E-state index is -0.520. The molecular weight excluding hydrogens is 415 g/mol. The highest BCUT2D eigenvalue weighted by Crippen LogP contribution is 2.40. The Labute approximate surface area is 197 Å². The number of carbonyl (C=O) groups excluding carboxylic acids is 1. The van der Waals surface area contributed by atoms with Crippen LogP contribution in [0.1, 0.15) is 76.3 Å². The van der Waals surface area contributed by atoms with E-state index in [1.54, 1.807) is 12.1 Å². The first kappa shape index (κ1) is 23.7. The molecule has 1 amide bonds. The summed E-state index contributed by atoms with van der Waals surface area (Å²) in [7, 11) is 0. The normalized spacial score (nSPS) is 24.9. The van der Waals surface area contributed by atoms with Gasteiger partial charge in [-0.3, -0.25) is 0 Å². The average molecular weight is 453 g/mol. The second kappa shape index (κ2) is 9.84. The molecule has 2 aliphatic rings. The number of ether oxygens (including phenoxy) is 1. The minimum absolute atomic E-state index is 0.166. The Bertz CT molecular complexity index is 907. The first-order valence-electron chi connectivity index (χ1n) is 12.3. The number of nitrogens with one attached hydrogen (secondary N) is 1. The van der Waals surface area contributed by atoms with Crippen LogP contribution in [-0.4, -0.2) is 35.7 Å². The summed E-state index contributed by atoms with van der Waals surface area (Å²) in [4.78, 5) is 15.3. The van der Waals surface area contributed by atoms with Crippen LogP contribution in [0.15, 0.2) is 54.6 Å². The van der Waals surface area contributed by atoms with Crippen LogP contribution in [0.3, 0.4) is 0 Å².